The van der Waals surface area contributed by atoms with E-state index in [0.717, 1.165) is 0 Å². The van der Waals surface area contributed by atoms with Gasteiger partial charge >= 0.3 is 58.2 Å². The number of allylic oxidation sites excluding steroid dienone is 1. The normalized spacial score (nSPS) is 10.1. The van der Waals surface area contributed by atoms with Gasteiger partial charge in [-0.2, -0.15) is 6.92 Å². The first-order valence-corrected chi connectivity index (χ1v) is 4.17. The number of rotatable bonds is 3. The van der Waals surface area contributed by atoms with Gasteiger partial charge in [0.2, 0.25) is 0 Å². The van der Waals surface area contributed by atoms with Gasteiger partial charge in [-0.25, -0.2) is 0 Å². The molecule has 0 aromatic carbocycles. The van der Waals surface area contributed by atoms with Crippen LogP contribution in [0.4, 0.5) is 0 Å². The topological polar surface area (TPSA) is 31.2 Å². The summed E-state index contributed by atoms with van der Waals surface area (Å²) in [6.45, 7) is 9.70. The molecule has 0 aliphatic carbocycles. The van der Waals surface area contributed by atoms with E-state index in [9.17, 15) is 4.79 Å². The second-order valence-corrected chi connectivity index (χ2v) is 3.11. The molecule has 0 saturated carbocycles. The summed E-state index contributed by atoms with van der Waals surface area (Å²) in [7, 11) is 0. The van der Waals surface area contributed by atoms with Crippen molar-refractivity contribution < 1.29 is 83.4 Å². The Hall–Kier alpha value is 1.55. The van der Waals surface area contributed by atoms with Gasteiger partial charge in [0, 0.05) is 20.4 Å². The van der Waals surface area contributed by atoms with E-state index in [1.807, 2.05) is 27.7 Å². The molecule has 1 radical (unpaired) electrons. The maximum Gasteiger partial charge on any atom is 1.00 e. The standard InChI is InChI=1S/C10H18NO.Rb.Re/c1-6-10(12)11-9(5)8(4)7(2)3;;/h6,9H,1-5H3,(H,11,12);;/q-1;+1;/p-1. The summed E-state index contributed by atoms with van der Waals surface area (Å²) in [5, 5.41) is 3.96. The fourth-order valence-electron chi connectivity index (χ4n) is 0.780. The van der Waals surface area contributed by atoms with Gasteiger partial charge < -0.3 is 16.5 Å². The SMILES string of the molecule is C[CH-]C(=O)[N-]C(C)C(C)=C(C)C.[Rb+].[Re]. The van der Waals surface area contributed by atoms with Crippen LogP contribution in [0.1, 0.15) is 34.6 Å². The van der Waals surface area contributed by atoms with Crippen LogP contribution >= 0.6 is 0 Å². The second-order valence-electron chi connectivity index (χ2n) is 3.11. The minimum absolute atomic E-state index is 0. The van der Waals surface area contributed by atoms with Crippen molar-refractivity contribution in [3.8, 4) is 0 Å². The summed E-state index contributed by atoms with van der Waals surface area (Å²) in [6.07, 6.45) is 1.48. The van der Waals surface area contributed by atoms with Gasteiger partial charge in [0.25, 0.3) is 0 Å². The van der Waals surface area contributed by atoms with Crippen LogP contribution in [0.3, 0.4) is 0 Å². The summed E-state index contributed by atoms with van der Waals surface area (Å²) < 4.78 is 0. The molecular formula is C10H17NORbRe-. The third-order valence-corrected chi connectivity index (χ3v) is 1.98. The second kappa shape index (κ2) is 11.0. The molecule has 0 aromatic heterocycles. The predicted octanol–water partition coefficient (Wildman–Crippen LogP) is -0.143. The monoisotopic (exact) mass is 439 g/mol. The van der Waals surface area contributed by atoms with E-state index < -0.39 is 0 Å². The number of nitrogens with zero attached hydrogens (tertiary/aromatic N) is 1. The molecule has 0 N–H and O–H groups in total. The summed E-state index contributed by atoms with van der Waals surface area (Å²) in [4.78, 5) is 10.9. The minimum atomic E-state index is -0.136. The molecule has 2 nitrogen and oxygen atoms in total. The maximum atomic E-state index is 10.9. The van der Waals surface area contributed by atoms with E-state index in [4.69, 9.17) is 0 Å². The van der Waals surface area contributed by atoms with Gasteiger partial charge in [0.1, 0.15) is 0 Å². The Bertz CT molecular complexity index is 200. The molecule has 0 aromatic rings. The Labute approximate surface area is 150 Å². The molecule has 14 heavy (non-hydrogen) atoms. The fraction of sp³-hybridized carbons (Fsp3) is 0.600. The first-order chi connectivity index (χ1) is 5.49. The van der Waals surface area contributed by atoms with Crippen LogP contribution in [0.5, 0.6) is 0 Å². The summed E-state index contributed by atoms with van der Waals surface area (Å²) >= 11 is 0. The Morgan fingerprint density at radius 1 is 1.29 bits per heavy atom. The molecule has 0 fully saturated rings. The quantitative estimate of drug-likeness (QED) is 0.446. The van der Waals surface area contributed by atoms with E-state index in [0.29, 0.717) is 0 Å². The minimum Gasteiger partial charge on any atom is -0.674 e. The number of carbonyl (C=O) groups excluding carboxylic acids is 1. The first-order valence-electron chi connectivity index (χ1n) is 4.17. The largest absolute Gasteiger partial charge is 1.00 e. The van der Waals surface area contributed by atoms with E-state index >= 15 is 0 Å². The third-order valence-electron chi connectivity index (χ3n) is 1.98. The molecule has 77 valence electrons. The Kier molecular flexibility index (Phi) is 16.5. The van der Waals surface area contributed by atoms with E-state index in [-0.39, 0.29) is 90.6 Å². The molecule has 1 atom stereocenters. The van der Waals surface area contributed by atoms with Gasteiger partial charge in [0.15, 0.2) is 0 Å². The van der Waals surface area contributed by atoms with Crippen molar-refractivity contribution in [2.75, 3.05) is 0 Å². The van der Waals surface area contributed by atoms with Crippen LogP contribution in [0.2, 0.25) is 0 Å². The molecule has 0 rings (SSSR count). The molecule has 0 spiro atoms. The zero-order chi connectivity index (χ0) is 9.72. The average Bonchev–Trinajstić information content (AvgIpc) is 2.02. The molecule has 1 amide bonds. The van der Waals surface area contributed by atoms with E-state index in [1.54, 1.807) is 6.92 Å². The number of carbonyl (C=O) groups is 1. The van der Waals surface area contributed by atoms with E-state index in [2.05, 4.69) is 5.32 Å². The molecule has 0 aliphatic heterocycles. The van der Waals surface area contributed by atoms with Crippen molar-refractivity contribution in [1.82, 2.24) is 0 Å². The van der Waals surface area contributed by atoms with Crippen LogP contribution in [-0.4, -0.2) is 11.9 Å². The van der Waals surface area contributed by atoms with Gasteiger partial charge in [-0.3, -0.25) is 0 Å². The number of amides is 1. The van der Waals surface area contributed by atoms with Gasteiger partial charge in [-0.1, -0.05) is 30.0 Å². The Morgan fingerprint density at radius 2 is 1.71 bits per heavy atom. The van der Waals surface area contributed by atoms with Crippen molar-refractivity contribution in [2.24, 2.45) is 0 Å². The van der Waals surface area contributed by atoms with Crippen molar-refractivity contribution in [3.63, 3.8) is 0 Å². The zero-order valence-corrected chi connectivity index (χ0v) is 17.5. The number of hydrogen-bond donors (Lipinski definition) is 0. The van der Waals surface area contributed by atoms with Crippen molar-refractivity contribution >= 4 is 5.91 Å². The molecule has 0 saturated heterocycles. The smallest absolute Gasteiger partial charge is 0.674 e. The molecule has 0 aliphatic rings. The molecule has 0 bridgehead atoms. The van der Waals surface area contributed by atoms with Gasteiger partial charge in [-0.15, -0.1) is 0 Å². The van der Waals surface area contributed by atoms with Crippen LogP contribution in [-0.2, 0) is 25.2 Å². The van der Waals surface area contributed by atoms with Crippen LogP contribution in [0.15, 0.2) is 11.1 Å². The molecule has 0 heterocycles. The van der Waals surface area contributed by atoms with Gasteiger partial charge in [-0.05, 0) is 20.8 Å². The summed E-state index contributed by atoms with van der Waals surface area (Å²) in [6, 6.07) is 0.0127. The summed E-state index contributed by atoms with van der Waals surface area (Å²) in [5.41, 5.74) is 2.40. The van der Waals surface area contributed by atoms with Crippen molar-refractivity contribution in [2.45, 2.75) is 40.7 Å². The average molecular weight is 439 g/mol. The molecular weight excluding hydrogens is 422 g/mol. The van der Waals surface area contributed by atoms with Gasteiger partial charge in [0.05, 0.1) is 0 Å². The Balaban J connectivity index is -0.000000605. The third kappa shape index (κ3) is 8.82. The maximum absolute atomic E-state index is 10.9. The molecule has 1 unspecified atom stereocenters. The molecule has 4 heteroatoms. The predicted molar refractivity (Wildman–Crippen MR) is 51.9 cm³/mol. The fourth-order valence-corrected chi connectivity index (χ4v) is 0.780. The van der Waals surface area contributed by atoms with Crippen molar-refractivity contribution in [1.29, 1.82) is 0 Å². The first kappa shape index (κ1) is 20.9. The zero-order valence-electron chi connectivity index (χ0n) is 9.89. The van der Waals surface area contributed by atoms with Crippen LogP contribution in [0, 0.1) is 6.42 Å². The van der Waals surface area contributed by atoms with Crippen molar-refractivity contribution in [3.05, 3.63) is 22.9 Å². The number of hydrogen-bond acceptors (Lipinski definition) is 1. The van der Waals surface area contributed by atoms with E-state index in [1.165, 1.54) is 17.6 Å². The van der Waals surface area contributed by atoms with Crippen LogP contribution in [0.25, 0.3) is 5.32 Å². The van der Waals surface area contributed by atoms with Crippen LogP contribution < -0.4 is 58.2 Å². The summed E-state index contributed by atoms with van der Waals surface area (Å²) in [5.74, 6) is -0.136. The Morgan fingerprint density at radius 3 is 2.00 bits per heavy atom.